The van der Waals surface area contributed by atoms with Gasteiger partial charge in [-0.15, -0.1) is 10.2 Å². The number of amides is 1. The third-order valence-electron chi connectivity index (χ3n) is 3.61. The topological polar surface area (TPSA) is 58.1 Å². The largest absolute Gasteiger partial charge is 0.369 e. The Kier molecular flexibility index (Phi) is 6.54. The Balaban J connectivity index is 2.00. The SMILES string of the molecule is CCCCNc1ccc(C(=O)N(CC)Cc2ccccc2)nn1. The van der Waals surface area contributed by atoms with Crippen molar-refractivity contribution in [3.63, 3.8) is 0 Å². The molecule has 0 spiro atoms. The molecule has 5 nitrogen and oxygen atoms in total. The lowest BCUT2D eigenvalue weighted by Gasteiger charge is -2.20. The molecule has 1 N–H and O–H groups in total. The molecular weight excluding hydrogens is 288 g/mol. The van der Waals surface area contributed by atoms with Gasteiger partial charge in [0.1, 0.15) is 5.82 Å². The van der Waals surface area contributed by atoms with E-state index in [9.17, 15) is 4.79 Å². The van der Waals surface area contributed by atoms with Gasteiger partial charge in [0.05, 0.1) is 0 Å². The quantitative estimate of drug-likeness (QED) is 0.759. The van der Waals surface area contributed by atoms with Crippen LogP contribution in [0.15, 0.2) is 42.5 Å². The maximum atomic E-state index is 12.6. The minimum Gasteiger partial charge on any atom is -0.369 e. The molecular formula is C18H24N4O. The molecule has 1 aromatic heterocycles. The van der Waals surface area contributed by atoms with Gasteiger partial charge in [0.25, 0.3) is 5.91 Å². The Morgan fingerprint density at radius 1 is 1.09 bits per heavy atom. The average molecular weight is 312 g/mol. The summed E-state index contributed by atoms with van der Waals surface area (Å²) in [6.45, 7) is 6.18. The molecule has 0 aliphatic rings. The number of unbranched alkanes of at least 4 members (excludes halogenated alkanes) is 1. The molecule has 1 heterocycles. The summed E-state index contributed by atoms with van der Waals surface area (Å²) in [6.07, 6.45) is 2.21. The maximum Gasteiger partial charge on any atom is 0.274 e. The van der Waals surface area contributed by atoms with Crippen molar-refractivity contribution in [2.45, 2.75) is 33.2 Å². The van der Waals surface area contributed by atoms with E-state index in [1.165, 1.54) is 0 Å². The molecule has 5 heteroatoms. The summed E-state index contributed by atoms with van der Waals surface area (Å²) in [5.74, 6) is 0.616. The van der Waals surface area contributed by atoms with Crippen LogP contribution in [0.4, 0.5) is 5.82 Å². The van der Waals surface area contributed by atoms with Gasteiger partial charge in [-0.1, -0.05) is 43.7 Å². The highest BCUT2D eigenvalue weighted by molar-refractivity contribution is 5.92. The Morgan fingerprint density at radius 2 is 1.87 bits per heavy atom. The summed E-state index contributed by atoms with van der Waals surface area (Å²) >= 11 is 0. The number of carbonyl (C=O) groups excluding carboxylic acids is 1. The molecule has 1 aromatic carbocycles. The van der Waals surface area contributed by atoms with E-state index >= 15 is 0 Å². The molecule has 0 fully saturated rings. The van der Waals surface area contributed by atoms with Crippen LogP contribution >= 0.6 is 0 Å². The lowest BCUT2D eigenvalue weighted by atomic mass is 10.2. The van der Waals surface area contributed by atoms with Gasteiger partial charge < -0.3 is 10.2 Å². The molecule has 0 saturated carbocycles. The van der Waals surface area contributed by atoms with E-state index in [-0.39, 0.29) is 5.91 Å². The number of aromatic nitrogens is 2. The normalized spacial score (nSPS) is 10.3. The number of nitrogens with zero attached hydrogens (tertiary/aromatic N) is 3. The molecule has 0 atom stereocenters. The van der Waals surface area contributed by atoms with Crippen LogP contribution in [-0.2, 0) is 6.54 Å². The van der Waals surface area contributed by atoms with Crippen molar-refractivity contribution >= 4 is 11.7 Å². The van der Waals surface area contributed by atoms with Gasteiger partial charge in [0.15, 0.2) is 5.69 Å². The zero-order valence-corrected chi connectivity index (χ0v) is 13.8. The lowest BCUT2D eigenvalue weighted by molar-refractivity contribution is 0.0745. The smallest absolute Gasteiger partial charge is 0.274 e. The fourth-order valence-corrected chi connectivity index (χ4v) is 2.23. The summed E-state index contributed by atoms with van der Waals surface area (Å²) in [4.78, 5) is 14.3. The summed E-state index contributed by atoms with van der Waals surface area (Å²) in [6, 6.07) is 13.5. The summed E-state index contributed by atoms with van der Waals surface area (Å²) < 4.78 is 0. The number of anilines is 1. The fraction of sp³-hybridized carbons (Fsp3) is 0.389. The lowest BCUT2D eigenvalue weighted by Crippen LogP contribution is -2.31. The number of rotatable bonds is 8. The summed E-state index contributed by atoms with van der Waals surface area (Å²) in [7, 11) is 0. The molecule has 1 amide bonds. The van der Waals surface area contributed by atoms with E-state index in [2.05, 4.69) is 22.4 Å². The van der Waals surface area contributed by atoms with E-state index < -0.39 is 0 Å². The Labute approximate surface area is 137 Å². The second-order valence-corrected chi connectivity index (χ2v) is 5.39. The summed E-state index contributed by atoms with van der Waals surface area (Å²) in [5, 5.41) is 11.3. The van der Waals surface area contributed by atoms with Crippen LogP contribution in [0.5, 0.6) is 0 Å². The van der Waals surface area contributed by atoms with E-state index in [1.807, 2.05) is 43.3 Å². The number of hydrogen-bond acceptors (Lipinski definition) is 4. The van der Waals surface area contributed by atoms with Gasteiger partial charge in [-0.3, -0.25) is 4.79 Å². The summed E-state index contributed by atoms with van der Waals surface area (Å²) in [5.41, 5.74) is 1.48. The predicted octanol–water partition coefficient (Wildman–Crippen LogP) is 3.35. The first-order valence-corrected chi connectivity index (χ1v) is 8.15. The second kappa shape index (κ2) is 8.88. The van der Waals surface area contributed by atoms with Crippen LogP contribution in [0.2, 0.25) is 0 Å². The van der Waals surface area contributed by atoms with Crippen LogP contribution in [0.25, 0.3) is 0 Å². The van der Waals surface area contributed by atoms with E-state index in [0.717, 1.165) is 24.9 Å². The second-order valence-electron chi connectivity index (χ2n) is 5.39. The molecule has 0 radical (unpaired) electrons. The molecule has 2 aromatic rings. The van der Waals surface area contributed by atoms with E-state index in [4.69, 9.17) is 0 Å². The van der Waals surface area contributed by atoms with Gasteiger partial charge >= 0.3 is 0 Å². The zero-order chi connectivity index (χ0) is 16.5. The van der Waals surface area contributed by atoms with E-state index in [1.54, 1.807) is 11.0 Å². The van der Waals surface area contributed by atoms with Crippen LogP contribution in [0.1, 0.15) is 42.7 Å². The highest BCUT2D eigenvalue weighted by Gasteiger charge is 2.16. The Bertz CT molecular complexity index is 598. The Hall–Kier alpha value is -2.43. The Morgan fingerprint density at radius 3 is 2.48 bits per heavy atom. The molecule has 0 aliphatic carbocycles. The predicted molar refractivity (Wildman–Crippen MR) is 92.3 cm³/mol. The molecule has 23 heavy (non-hydrogen) atoms. The van der Waals surface area contributed by atoms with Gasteiger partial charge in [0, 0.05) is 19.6 Å². The van der Waals surface area contributed by atoms with Gasteiger partial charge in [-0.2, -0.15) is 0 Å². The highest BCUT2D eigenvalue weighted by atomic mass is 16.2. The number of carbonyl (C=O) groups is 1. The van der Waals surface area contributed by atoms with Crippen molar-refractivity contribution in [2.75, 3.05) is 18.4 Å². The van der Waals surface area contributed by atoms with E-state index in [0.29, 0.717) is 24.6 Å². The molecule has 0 saturated heterocycles. The first-order valence-electron chi connectivity index (χ1n) is 8.15. The monoisotopic (exact) mass is 312 g/mol. The highest BCUT2D eigenvalue weighted by Crippen LogP contribution is 2.09. The number of benzene rings is 1. The van der Waals surface area contributed by atoms with Gasteiger partial charge in [0.2, 0.25) is 0 Å². The number of hydrogen-bond donors (Lipinski definition) is 1. The zero-order valence-electron chi connectivity index (χ0n) is 13.8. The molecule has 2 rings (SSSR count). The third-order valence-corrected chi connectivity index (χ3v) is 3.61. The fourth-order valence-electron chi connectivity index (χ4n) is 2.23. The maximum absolute atomic E-state index is 12.6. The number of nitrogens with one attached hydrogen (secondary N) is 1. The van der Waals surface area contributed by atoms with Crippen LogP contribution in [0.3, 0.4) is 0 Å². The van der Waals surface area contributed by atoms with Crippen molar-refractivity contribution in [1.29, 1.82) is 0 Å². The minimum atomic E-state index is -0.0936. The van der Waals surface area contributed by atoms with Gasteiger partial charge in [-0.05, 0) is 31.0 Å². The third kappa shape index (κ3) is 5.06. The van der Waals surface area contributed by atoms with Crippen molar-refractivity contribution in [3.8, 4) is 0 Å². The van der Waals surface area contributed by atoms with Crippen molar-refractivity contribution in [3.05, 3.63) is 53.7 Å². The molecule has 0 unspecified atom stereocenters. The van der Waals surface area contributed by atoms with Crippen LogP contribution < -0.4 is 5.32 Å². The van der Waals surface area contributed by atoms with Crippen LogP contribution in [0, 0.1) is 0 Å². The molecule has 0 aliphatic heterocycles. The van der Waals surface area contributed by atoms with Crippen molar-refractivity contribution in [2.24, 2.45) is 0 Å². The van der Waals surface area contributed by atoms with Gasteiger partial charge in [-0.25, -0.2) is 0 Å². The first kappa shape index (κ1) is 16.9. The minimum absolute atomic E-state index is 0.0936. The standard InChI is InChI=1S/C18H24N4O/c1-3-5-13-19-17-12-11-16(20-21-17)18(23)22(4-2)14-15-9-7-6-8-10-15/h6-12H,3-5,13-14H2,1-2H3,(H,19,21). The molecule has 122 valence electrons. The van der Waals surface area contributed by atoms with Crippen LogP contribution in [-0.4, -0.2) is 34.1 Å². The van der Waals surface area contributed by atoms with Crippen molar-refractivity contribution < 1.29 is 4.79 Å². The first-order chi connectivity index (χ1) is 11.2. The molecule has 0 bridgehead atoms. The average Bonchev–Trinajstić information content (AvgIpc) is 2.61. The van der Waals surface area contributed by atoms with Crippen molar-refractivity contribution in [1.82, 2.24) is 15.1 Å².